The molecule has 2 N–H and O–H groups in total. The number of nitrogens with zero attached hydrogens (tertiary/aromatic N) is 3. The van der Waals surface area contributed by atoms with Gasteiger partial charge in [-0.05, 0) is 31.7 Å². The molecule has 1 aliphatic carbocycles. The van der Waals surface area contributed by atoms with Gasteiger partial charge in [0.1, 0.15) is 5.52 Å². The minimum absolute atomic E-state index is 0.0529. The highest BCUT2D eigenvalue weighted by molar-refractivity contribution is 5.96. The summed E-state index contributed by atoms with van der Waals surface area (Å²) in [6.45, 7) is 1.89. The van der Waals surface area contributed by atoms with Crippen molar-refractivity contribution in [2.45, 2.75) is 44.6 Å². The van der Waals surface area contributed by atoms with E-state index in [-0.39, 0.29) is 12.5 Å². The zero-order chi connectivity index (χ0) is 16.4. The van der Waals surface area contributed by atoms with Crippen LogP contribution in [-0.4, -0.2) is 37.7 Å². The maximum Gasteiger partial charge on any atom is 0.253 e. The molecule has 2 aromatic rings. The lowest BCUT2D eigenvalue weighted by molar-refractivity contribution is 0.0679. The summed E-state index contributed by atoms with van der Waals surface area (Å²) in [7, 11) is 1.87. The number of aliphatic hydroxyl groups excluding tert-OH is 1. The first-order valence-corrected chi connectivity index (χ1v) is 8.24. The van der Waals surface area contributed by atoms with Gasteiger partial charge in [-0.3, -0.25) is 4.79 Å². The zero-order valence-corrected chi connectivity index (χ0v) is 13.7. The van der Waals surface area contributed by atoms with Crippen molar-refractivity contribution in [3.63, 3.8) is 0 Å². The second-order valence-corrected chi connectivity index (χ2v) is 6.79. The Balaban J connectivity index is 1.80. The molecular weight excluding hydrogens is 292 g/mol. The molecule has 0 saturated heterocycles. The fourth-order valence-electron chi connectivity index (χ4n) is 3.48. The minimum Gasteiger partial charge on any atom is -0.394 e. The van der Waals surface area contributed by atoms with E-state index < -0.39 is 5.54 Å². The molecule has 1 fully saturated rings. The number of rotatable bonds is 4. The molecule has 124 valence electrons. The number of imidazole rings is 1. The van der Waals surface area contributed by atoms with Crippen LogP contribution in [0.2, 0.25) is 0 Å². The first-order valence-electron chi connectivity index (χ1n) is 8.24. The minimum atomic E-state index is -0.587. The van der Waals surface area contributed by atoms with Crippen LogP contribution >= 0.6 is 0 Å². The quantitative estimate of drug-likeness (QED) is 0.904. The Morgan fingerprint density at radius 2 is 2.13 bits per heavy atom. The van der Waals surface area contributed by atoms with Gasteiger partial charge in [-0.25, -0.2) is 9.97 Å². The second kappa shape index (κ2) is 6.28. The van der Waals surface area contributed by atoms with Gasteiger partial charge < -0.3 is 15.0 Å². The number of fused-ring (bicyclic) bond motifs is 1. The summed E-state index contributed by atoms with van der Waals surface area (Å²) in [5, 5.41) is 12.9. The van der Waals surface area contributed by atoms with Gasteiger partial charge in [-0.15, -0.1) is 0 Å². The number of amides is 1. The molecule has 1 unspecified atom stereocenters. The Kier molecular flexibility index (Phi) is 4.35. The number of carbonyl (C=O) groups is 1. The van der Waals surface area contributed by atoms with E-state index in [1.54, 1.807) is 18.6 Å². The van der Waals surface area contributed by atoms with Gasteiger partial charge in [0.2, 0.25) is 0 Å². The second-order valence-electron chi connectivity index (χ2n) is 6.79. The Morgan fingerprint density at radius 3 is 2.83 bits per heavy atom. The predicted molar refractivity (Wildman–Crippen MR) is 88.0 cm³/mol. The summed E-state index contributed by atoms with van der Waals surface area (Å²) in [4.78, 5) is 21.2. The van der Waals surface area contributed by atoms with Crippen LogP contribution in [0.15, 0.2) is 18.6 Å². The van der Waals surface area contributed by atoms with E-state index in [9.17, 15) is 9.90 Å². The van der Waals surface area contributed by atoms with E-state index >= 15 is 0 Å². The van der Waals surface area contributed by atoms with Gasteiger partial charge in [0, 0.05) is 13.2 Å². The number of carbonyl (C=O) groups excluding carboxylic acids is 1. The van der Waals surface area contributed by atoms with Crippen molar-refractivity contribution < 1.29 is 9.90 Å². The molecule has 0 bridgehead atoms. The third-order valence-corrected chi connectivity index (χ3v) is 5.05. The van der Waals surface area contributed by atoms with E-state index in [1.165, 1.54) is 6.42 Å². The molecule has 0 aromatic carbocycles. The van der Waals surface area contributed by atoms with E-state index in [4.69, 9.17) is 0 Å². The molecule has 0 radical (unpaired) electrons. The summed E-state index contributed by atoms with van der Waals surface area (Å²) < 4.78 is 1.82. The summed E-state index contributed by atoms with van der Waals surface area (Å²) in [6.07, 6.45) is 8.92. The van der Waals surface area contributed by atoms with Crippen molar-refractivity contribution in [2.75, 3.05) is 6.61 Å². The summed E-state index contributed by atoms with van der Waals surface area (Å²) in [5.41, 5.74) is 1.34. The van der Waals surface area contributed by atoms with Gasteiger partial charge in [-0.1, -0.05) is 19.3 Å². The van der Waals surface area contributed by atoms with E-state index in [2.05, 4.69) is 15.3 Å². The highest BCUT2D eigenvalue weighted by Gasteiger charge is 2.36. The van der Waals surface area contributed by atoms with Crippen LogP contribution in [-0.2, 0) is 7.05 Å². The lowest BCUT2D eigenvalue weighted by Crippen LogP contribution is -2.54. The number of aryl methyl sites for hydroxylation is 1. The smallest absolute Gasteiger partial charge is 0.253 e. The van der Waals surface area contributed by atoms with Crippen molar-refractivity contribution in [1.29, 1.82) is 0 Å². The molecule has 1 atom stereocenters. The number of nitrogens with one attached hydrogen (secondary N) is 1. The normalized spacial score (nSPS) is 18.7. The average molecular weight is 316 g/mol. The molecular formula is C17H24N4O2. The summed E-state index contributed by atoms with van der Waals surface area (Å²) >= 11 is 0. The number of aliphatic hydroxyl groups is 1. The molecule has 23 heavy (non-hydrogen) atoms. The molecule has 0 spiro atoms. The van der Waals surface area contributed by atoms with Gasteiger partial charge in [0.05, 0.1) is 24.0 Å². The number of hydrogen-bond donors (Lipinski definition) is 2. The molecule has 6 heteroatoms. The van der Waals surface area contributed by atoms with Crippen LogP contribution in [0, 0.1) is 5.92 Å². The predicted octanol–water partition coefficient (Wildman–Crippen LogP) is 2.03. The topological polar surface area (TPSA) is 80.0 Å². The molecule has 2 heterocycles. The fraction of sp³-hybridized carbons (Fsp3) is 0.588. The first-order chi connectivity index (χ1) is 11.0. The van der Waals surface area contributed by atoms with Gasteiger partial charge in [0.25, 0.3) is 5.91 Å². The molecule has 3 rings (SSSR count). The molecule has 0 aliphatic heterocycles. The summed E-state index contributed by atoms with van der Waals surface area (Å²) in [5.74, 6) is 0.115. The first kappa shape index (κ1) is 15.9. The Morgan fingerprint density at radius 1 is 1.39 bits per heavy atom. The Labute approximate surface area is 135 Å². The Bertz CT molecular complexity index is 706. The lowest BCUT2D eigenvalue weighted by Gasteiger charge is -2.39. The maximum atomic E-state index is 12.6. The third kappa shape index (κ3) is 3.08. The van der Waals surface area contributed by atoms with Crippen LogP contribution in [0.1, 0.15) is 49.4 Å². The fourth-order valence-corrected chi connectivity index (χ4v) is 3.48. The van der Waals surface area contributed by atoms with E-state index in [1.807, 2.05) is 18.5 Å². The van der Waals surface area contributed by atoms with Crippen molar-refractivity contribution in [3.8, 4) is 0 Å². The standard InChI is InChI=1S/C17H24N4O2/c1-17(10-22,13-6-4-3-5-7-13)20-16(23)12-8-14-15(18-9-12)21(2)11-19-14/h8-9,11,13,22H,3-7,10H2,1-2H3,(H,20,23). The Hall–Kier alpha value is -1.95. The van der Waals surface area contributed by atoms with Crippen LogP contribution in [0.4, 0.5) is 0 Å². The molecule has 2 aromatic heterocycles. The van der Waals surface area contributed by atoms with Crippen LogP contribution in [0.5, 0.6) is 0 Å². The van der Waals surface area contributed by atoms with Gasteiger partial charge in [0.15, 0.2) is 5.65 Å². The molecule has 1 saturated carbocycles. The third-order valence-electron chi connectivity index (χ3n) is 5.05. The van der Waals surface area contributed by atoms with Gasteiger partial charge >= 0.3 is 0 Å². The van der Waals surface area contributed by atoms with Crippen molar-refractivity contribution in [2.24, 2.45) is 13.0 Å². The zero-order valence-electron chi connectivity index (χ0n) is 13.7. The van der Waals surface area contributed by atoms with Gasteiger partial charge in [-0.2, -0.15) is 0 Å². The SMILES string of the molecule is Cn1cnc2cc(C(=O)NC(C)(CO)C3CCCCC3)cnc21. The maximum absolute atomic E-state index is 12.6. The van der Waals surface area contributed by atoms with Crippen molar-refractivity contribution in [1.82, 2.24) is 19.9 Å². The van der Waals surface area contributed by atoms with Crippen LogP contribution in [0.3, 0.4) is 0 Å². The summed E-state index contributed by atoms with van der Waals surface area (Å²) in [6, 6.07) is 1.75. The molecule has 1 aliphatic rings. The van der Waals surface area contributed by atoms with Crippen molar-refractivity contribution >= 4 is 17.1 Å². The number of pyridine rings is 1. The molecule has 6 nitrogen and oxygen atoms in total. The highest BCUT2D eigenvalue weighted by Crippen LogP contribution is 2.32. The van der Waals surface area contributed by atoms with E-state index in [0.717, 1.165) is 31.3 Å². The lowest BCUT2D eigenvalue weighted by atomic mass is 9.76. The number of hydrogen-bond acceptors (Lipinski definition) is 4. The largest absolute Gasteiger partial charge is 0.394 e. The number of aromatic nitrogens is 3. The molecule has 1 amide bonds. The van der Waals surface area contributed by atoms with Crippen LogP contribution in [0.25, 0.3) is 11.2 Å². The van der Waals surface area contributed by atoms with E-state index in [0.29, 0.717) is 17.0 Å². The van der Waals surface area contributed by atoms with Crippen LogP contribution < -0.4 is 5.32 Å². The highest BCUT2D eigenvalue weighted by atomic mass is 16.3. The monoisotopic (exact) mass is 316 g/mol. The van der Waals surface area contributed by atoms with Crippen molar-refractivity contribution in [3.05, 3.63) is 24.2 Å². The average Bonchev–Trinajstić information content (AvgIpc) is 2.96.